The van der Waals surface area contributed by atoms with E-state index < -0.39 is 5.97 Å². The molecule has 1 aromatic carbocycles. The van der Waals surface area contributed by atoms with Crippen molar-refractivity contribution in [1.82, 2.24) is 10.2 Å². The number of nitrogens with one attached hydrogen (secondary N) is 1. The van der Waals surface area contributed by atoms with E-state index in [-0.39, 0.29) is 0 Å². The standard InChI is InChI=1S/C15H22N2O2/c1-11(2)14-9-16-7-8-17(14)10-12-3-5-13(6-4-12)15(18)19/h3-6,11,14,16H,7-10H2,1-2H3,(H,18,19)/t14-/m1/s1. The van der Waals surface area contributed by atoms with E-state index in [0.717, 1.165) is 26.2 Å². The first-order valence-corrected chi connectivity index (χ1v) is 6.85. The van der Waals surface area contributed by atoms with Crippen LogP contribution in [0.5, 0.6) is 0 Å². The van der Waals surface area contributed by atoms with Gasteiger partial charge in [0.2, 0.25) is 0 Å². The van der Waals surface area contributed by atoms with E-state index in [9.17, 15) is 4.79 Å². The van der Waals surface area contributed by atoms with Gasteiger partial charge in [-0.3, -0.25) is 4.90 Å². The van der Waals surface area contributed by atoms with Gasteiger partial charge >= 0.3 is 5.97 Å². The smallest absolute Gasteiger partial charge is 0.335 e. The van der Waals surface area contributed by atoms with Gasteiger partial charge in [-0.1, -0.05) is 26.0 Å². The van der Waals surface area contributed by atoms with E-state index in [1.54, 1.807) is 12.1 Å². The highest BCUT2D eigenvalue weighted by atomic mass is 16.4. The number of benzene rings is 1. The number of nitrogens with zero attached hydrogens (tertiary/aromatic N) is 1. The fourth-order valence-electron chi connectivity index (χ4n) is 2.61. The number of piperazine rings is 1. The highest BCUT2D eigenvalue weighted by Gasteiger charge is 2.24. The van der Waals surface area contributed by atoms with Crippen LogP contribution in [0.2, 0.25) is 0 Å². The molecule has 1 heterocycles. The normalized spacial score (nSPS) is 20.7. The summed E-state index contributed by atoms with van der Waals surface area (Å²) in [6.07, 6.45) is 0. The van der Waals surface area contributed by atoms with E-state index in [1.165, 1.54) is 5.56 Å². The Hall–Kier alpha value is -1.39. The predicted octanol–water partition coefficient (Wildman–Crippen LogP) is 1.81. The van der Waals surface area contributed by atoms with Crippen molar-refractivity contribution in [3.8, 4) is 0 Å². The molecule has 1 aromatic rings. The van der Waals surface area contributed by atoms with Gasteiger partial charge in [0, 0.05) is 32.2 Å². The van der Waals surface area contributed by atoms with Crippen LogP contribution >= 0.6 is 0 Å². The molecule has 0 bridgehead atoms. The third kappa shape index (κ3) is 3.55. The molecule has 1 aliphatic heterocycles. The number of hydrogen-bond acceptors (Lipinski definition) is 3. The minimum absolute atomic E-state index is 0.351. The Morgan fingerprint density at radius 1 is 1.42 bits per heavy atom. The Balaban J connectivity index is 2.04. The molecule has 1 saturated heterocycles. The first kappa shape index (κ1) is 14.0. The van der Waals surface area contributed by atoms with Gasteiger partial charge < -0.3 is 10.4 Å². The van der Waals surface area contributed by atoms with Crippen molar-refractivity contribution in [2.24, 2.45) is 5.92 Å². The molecule has 1 aliphatic rings. The fraction of sp³-hybridized carbons (Fsp3) is 0.533. The van der Waals surface area contributed by atoms with Crippen molar-refractivity contribution < 1.29 is 9.90 Å². The van der Waals surface area contributed by atoms with Gasteiger partial charge in [0.05, 0.1) is 5.56 Å². The van der Waals surface area contributed by atoms with Crippen molar-refractivity contribution in [2.75, 3.05) is 19.6 Å². The molecule has 0 spiro atoms. The Morgan fingerprint density at radius 2 is 2.11 bits per heavy atom. The van der Waals surface area contributed by atoms with Crippen LogP contribution < -0.4 is 5.32 Å². The summed E-state index contributed by atoms with van der Waals surface area (Å²) in [5, 5.41) is 12.3. The number of aromatic carboxylic acids is 1. The molecule has 2 rings (SSSR count). The zero-order valence-corrected chi connectivity index (χ0v) is 11.6. The van der Waals surface area contributed by atoms with Crippen molar-refractivity contribution in [3.63, 3.8) is 0 Å². The molecule has 4 nitrogen and oxygen atoms in total. The van der Waals surface area contributed by atoms with Crippen LogP contribution in [0.4, 0.5) is 0 Å². The average molecular weight is 262 g/mol. The lowest BCUT2D eigenvalue weighted by atomic mass is 9.99. The van der Waals surface area contributed by atoms with E-state index in [0.29, 0.717) is 17.5 Å². The molecule has 19 heavy (non-hydrogen) atoms. The SMILES string of the molecule is CC(C)[C@H]1CNCCN1Cc1ccc(C(=O)O)cc1. The summed E-state index contributed by atoms with van der Waals surface area (Å²) >= 11 is 0. The summed E-state index contributed by atoms with van der Waals surface area (Å²) in [5.74, 6) is -0.250. The Morgan fingerprint density at radius 3 is 2.68 bits per heavy atom. The molecule has 0 aliphatic carbocycles. The Labute approximate surface area is 114 Å². The third-order valence-corrected chi connectivity index (χ3v) is 3.75. The zero-order chi connectivity index (χ0) is 13.8. The van der Waals surface area contributed by atoms with E-state index >= 15 is 0 Å². The molecule has 0 radical (unpaired) electrons. The minimum atomic E-state index is -0.867. The molecule has 104 valence electrons. The van der Waals surface area contributed by atoms with Crippen LogP contribution in [-0.4, -0.2) is 41.7 Å². The highest BCUT2D eigenvalue weighted by Crippen LogP contribution is 2.16. The van der Waals surface area contributed by atoms with Crippen LogP contribution in [0.15, 0.2) is 24.3 Å². The molecule has 0 saturated carbocycles. The Kier molecular flexibility index (Phi) is 4.56. The number of hydrogen-bond donors (Lipinski definition) is 2. The maximum absolute atomic E-state index is 10.8. The summed E-state index contributed by atoms with van der Waals surface area (Å²) in [7, 11) is 0. The molecule has 2 N–H and O–H groups in total. The lowest BCUT2D eigenvalue weighted by Gasteiger charge is -2.38. The largest absolute Gasteiger partial charge is 0.478 e. The van der Waals surface area contributed by atoms with Gasteiger partial charge in [0.25, 0.3) is 0 Å². The lowest BCUT2D eigenvalue weighted by Crippen LogP contribution is -2.52. The summed E-state index contributed by atoms with van der Waals surface area (Å²) in [5.41, 5.74) is 1.53. The van der Waals surface area contributed by atoms with Gasteiger partial charge in [0.15, 0.2) is 0 Å². The third-order valence-electron chi connectivity index (χ3n) is 3.75. The van der Waals surface area contributed by atoms with Crippen LogP contribution in [0.25, 0.3) is 0 Å². The van der Waals surface area contributed by atoms with E-state index in [2.05, 4.69) is 24.1 Å². The second-order valence-electron chi connectivity index (χ2n) is 5.49. The molecule has 0 aromatic heterocycles. The molecule has 0 amide bonds. The second-order valence-corrected chi connectivity index (χ2v) is 5.49. The van der Waals surface area contributed by atoms with Crippen LogP contribution in [-0.2, 0) is 6.54 Å². The zero-order valence-electron chi connectivity index (χ0n) is 11.6. The van der Waals surface area contributed by atoms with Crippen LogP contribution in [0, 0.1) is 5.92 Å². The lowest BCUT2D eigenvalue weighted by molar-refractivity contribution is 0.0697. The van der Waals surface area contributed by atoms with Crippen molar-refractivity contribution in [3.05, 3.63) is 35.4 Å². The van der Waals surface area contributed by atoms with Gasteiger partial charge in [-0.05, 0) is 23.6 Å². The molecular formula is C15H22N2O2. The van der Waals surface area contributed by atoms with Crippen molar-refractivity contribution >= 4 is 5.97 Å². The fourth-order valence-corrected chi connectivity index (χ4v) is 2.61. The molecule has 0 unspecified atom stereocenters. The summed E-state index contributed by atoms with van der Waals surface area (Å²) in [6, 6.07) is 7.76. The average Bonchev–Trinajstić information content (AvgIpc) is 2.39. The Bertz CT molecular complexity index is 428. The first-order chi connectivity index (χ1) is 9.08. The topological polar surface area (TPSA) is 52.6 Å². The van der Waals surface area contributed by atoms with Gasteiger partial charge in [-0.25, -0.2) is 4.79 Å². The summed E-state index contributed by atoms with van der Waals surface area (Å²) < 4.78 is 0. The summed E-state index contributed by atoms with van der Waals surface area (Å²) in [4.78, 5) is 13.3. The van der Waals surface area contributed by atoms with Crippen molar-refractivity contribution in [1.29, 1.82) is 0 Å². The minimum Gasteiger partial charge on any atom is -0.478 e. The predicted molar refractivity (Wildman–Crippen MR) is 75.3 cm³/mol. The number of rotatable bonds is 4. The first-order valence-electron chi connectivity index (χ1n) is 6.85. The van der Waals surface area contributed by atoms with Crippen LogP contribution in [0.1, 0.15) is 29.8 Å². The molecule has 4 heteroatoms. The van der Waals surface area contributed by atoms with Gasteiger partial charge in [-0.2, -0.15) is 0 Å². The number of carboxylic acid groups (broad SMARTS) is 1. The summed E-state index contributed by atoms with van der Waals surface area (Å²) in [6.45, 7) is 8.49. The van der Waals surface area contributed by atoms with E-state index in [4.69, 9.17) is 5.11 Å². The number of carboxylic acids is 1. The molecular weight excluding hydrogens is 240 g/mol. The maximum Gasteiger partial charge on any atom is 0.335 e. The van der Waals surface area contributed by atoms with E-state index in [1.807, 2.05) is 12.1 Å². The quantitative estimate of drug-likeness (QED) is 0.869. The van der Waals surface area contributed by atoms with Gasteiger partial charge in [-0.15, -0.1) is 0 Å². The number of carbonyl (C=O) groups is 1. The maximum atomic E-state index is 10.8. The highest BCUT2D eigenvalue weighted by molar-refractivity contribution is 5.87. The van der Waals surface area contributed by atoms with Crippen molar-refractivity contribution in [2.45, 2.75) is 26.4 Å². The van der Waals surface area contributed by atoms with Gasteiger partial charge in [0.1, 0.15) is 0 Å². The van der Waals surface area contributed by atoms with Crippen LogP contribution in [0.3, 0.4) is 0 Å². The monoisotopic (exact) mass is 262 g/mol. The molecule has 1 atom stereocenters. The molecule has 1 fully saturated rings. The second kappa shape index (κ2) is 6.17.